The number of hydrogen-bond donors (Lipinski definition) is 2. The highest BCUT2D eigenvalue weighted by Gasteiger charge is 2.19. The summed E-state index contributed by atoms with van der Waals surface area (Å²) in [6.07, 6.45) is 0. The molecule has 0 saturated carbocycles. The van der Waals surface area contributed by atoms with Crippen molar-refractivity contribution in [1.82, 2.24) is 4.90 Å². The van der Waals surface area contributed by atoms with Crippen LogP contribution in [0.15, 0.2) is 40.8 Å². The zero-order chi connectivity index (χ0) is 15.4. The number of nitrogens with one attached hydrogen (secondary N) is 1. The highest BCUT2D eigenvalue weighted by molar-refractivity contribution is 5.96. The number of nitrogens with zero attached hydrogens (tertiary/aromatic N) is 1. The van der Waals surface area contributed by atoms with Crippen LogP contribution in [0.5, 0.6) is 0 Å². The first-order valence-corrected chi connectivity index (χ1v) is 6.88. The van der Waals surface area contributed by atoms with Crippen LogP contribution in [-0.4, -0.2) is 23.9 Å². The highest BCUT2D eigenvalue weighted by Crippen LogP contribution is 2.18. The van der Waals surface area contributed by atoms with Gasteiger partial charge in [0.25, 0.3) is 0 Å². The molecule has 0 bridgehead atoms. The minimum Gasteiger partial charge on any atom is -0.465 e. The molecule has 2 rings (SSSR count). The van der Waals surface area contributed by atoms with Crippen LogP contribution in [-0.2, 0) is 11.3 Å². The second kappa shape index (κ2) is 6.45. The number of benzene rings is 1. The van der Waals surface area contributed by atoms with Gasteiger partial charge in [-0.1, -0.05) is 12.1 Å². The summed E-state index contributed by atoms with van der Waals surface area (Å²) in [5.74, 6) is 1.61. The third-order valence-corrected chi connectivity index (χ3v) is 3.46. The zero-order valence-corrected chi connectivity index (χ0v) is 12.6. The van der Waals surface area contributed by atoms with Crippen molar-refractivity contribution in [2.75, 3.05) is 18.1 Å². The highest BCUT2D eigenvalue weighted by atomic mass is 16.3. The summed E-state index contributed by atoms with van der Waals surface area (Å²) in [6, 6.07) is 10.8. The number of carbonyl (C=O) groups is 1. The Morgan fingerprint density at radius 3 is 2.67 bits per heavy atom. The topological polar surface area (TPSA) is 71.5 Å². The summed E-state index contributed by atoms with van der Waals surface area (Å²) in [5.41, 5.74) is 7.02. The van der Waals surface area contributed by atoms with Gasteiger partial charge in [-0.3, -0.25) is 9.69 Å². The molecule has 0 saturated heterocycles. The first-order chi connectivity index (χ1) is 9.97. The molecule has 1 aromatic heterocycles. The summed E-state index contributed by atoms with van der Waals surface area (Å²) < 4.78 is 5.53. The maximum absolute atomic E-state index is 12.3. The van der Waals surface area contributed by atoms with Crippen molar-refractivity contribution in [2.24, 2.45) is 0 Å². The van der Waals surface area contributed by atoms with Crippen LogP contribution in [0, 0.1) is 6.92 Å². The Hall–Kier alpha value is -2.27. The van der Waals surface area contributed by atoms with E-state index in [4.69, 9.17) is 10.2 Å². The lowest BCUT2D eigenvalue weighted by Crippen LogP contribution is -2.39. The summed E-state index contributed by atoms with van der Waals surface area (Å²) in [5, 5.41) is 2.85. The SMILES string of the molecule is Cc1ccc(CN(C)C(C)C(=O)Nc2ccccc2N)o1. The van der Waals surface area contributed by atoms with Gasteiger partial charge in [-0.2, -0.15) is 0 Å². The Balaban J connectivity index is 1.97. The van der Waals surface area contributed by atoms with Gasteiger partial charge in [0.15, 0.2) is 0 Å². The van der Waals surface area contributed by atoms with E-state index in [9.17, 15) is 4.79 Å². The van der Waals surface area contributed by atoms with Crippen LogP contribution in [0.3, 0.4) is 0 Å². The van der Waals surface area contributed by atoms with Gasteiger partial charge in [0.2, 0.25) is 5.91 Å². The molecule has 3 N–H and O–H groups in total. The fourth-order valence-corrected chi connectivity index (χ4v) is 2.00. The lowest BCUT2D eigenvalue weighted by atomic mass is 10.2. The van der Waals surface area contributed by atoms with Crippen molar-refractivity contribution < 1.29 is 9.21 Å². The predicted molar refractivity (Wildman–Crippen MR) is 83.9 cm³/mol. The normalized spacial score (nSPS) is 12.4. The number of carbonyl (C=O) groups excluding carboxylic acids is 1. The number of nitrogens with two attached hydrogens (primary N) is 1. The molecular weight excluding hydrogens is 266 g/mol. The molecule has 112 valence electrons. The Kier molecular flexibility index (Phi) is 4.65. The van der Waals surface area contributed by atoms with Gasteiger partial charge in [0.1, 0.15) is 11.5 Å². The molecule has 1 heterocycles. The summed E-state index contributed by atoms with van der Waals surface area (Å²) >= 11 is 0. The van der Waals surface area contributed by atoms with Gasteiger partial charge < -0.3 is 15.5 Å². The molecule has 0 aliphatic rings. The number of aryl methyl sites for hydroxylation is 1. The average molecular weight is 287 g/mol. The Morgan fingerprint density at radius 1 is 1.33 bits per heavy atom. The summed E-state index contributed by atoms with van der Waals surface area (Å²) in [6.45, 7) is 4.33. The Labute approximate surface area is 124 Å². The number of furan rings is 1. The van der Waals surface area contributed by atoms with E-state index < -0.39 is 0 Å². The largest absolute Gasteiger partial charge is 0.465 e. The first kappa shape index (κ1) is 15.1. The van der Waals surface area contributed by atoms with Gasteiger partial charge in [-0.15, -0.1) is 0 Å². The van der Waals surface area contributed by atoms with Crippen LogP contribution in [0.4, 0.5) is 11.4 Å². The van der Waals surface area contributed by atoms with Crippen molar-refractivity contribution in [2.45, 2.75) is 26.4 Å². The van der Waals surface area contributed by atoms with Crippen LogP contribution in [0.25, 0.3) is 0 Å². The van der Waals surface area contributed by atoms with Gasteiger partial charge >= 0.3 is 0 Å². The number of para-hydroxylation sites is 2. The quantitative estimate of drug-likeness (QED) is 0.829. The molecule has 0 fully saturated rings. The second-order valence-corrected chi connectivity index (χ2v) is 5.18. The number of anilines is 2. The monoisotopic (exact) mass is 287 g/mol. The smallest absolute Gasteiger partial charge is 0.241 e. The number of rotatable bonds is 5. The van der Waals surface area contributed by atoms with E-state index in [0.717, 1.165) is 11.5 Å². The first-order valence-electron chi connectivity index (χ1n) is 6.88. The maximum atomic E-state index is 12.3. The summed E-state index contributed by atoms with van der Waals surface area (Å²) in [4.78, 5) is 14.2. The van der Waals surface area contributed by atoms with Crippen LogP contribution in [0.2, 0.25) is 0 Å². The average Bonchev–Trinajstić information content (AvgIpc) is 2.85. The van der Waals surface area contributed by atoms with Crippen molar-refractivity contribution in [3.63, 3.8) is 0 Å². The summed E-state index contributed by atoms with van der Waals surface area (Å²) in [7, 11) is 1.89. The number of hydrogen-bond acceptors (Lipinski definition) is 4. The van der Waals surface area contributed by atoms with Crippen molar-refractivity contribution in [1.29, 1.82) is 0 Å². The lowest BCUT2D eigenvalue weighted by molar-refractivity contribution is -0.120. The van der Waals surface area contributed by atoms with E-state index in [2.05, 4.69) is 5.32 Å². The maximum Gasteiger partial charge on any atom is 0.241 e. The number of amides is 1. The molecule has 1 aromatic carbocycles. The molecule has 1 atom stereocenters. The fourth-order valence-electron chi connectivity index (χ4n) is 2.00. The van der Waals surface area contributed by atoms with Crippen LogP contribution >= 0.6 is 0 Å². The van der Waals surface area contributed by atoms with Gasteiger partial charge in [0, 0.05) is 0 Å². The van der Waals surface area contributed by atoms with Crippen molar-refractivity contribution in [3.8, 4) is 0 Å². The molecule has 5 nitrogen and oxygen atoms in total. The van der Waals surface area contributed by atoms with Gasteiger partial charge in [-0.25, -0.2) is 0 Å². The number of likely N-dealkylation sites (N-methyl/N-ethyl adjacent to an activating group) is 1. The number of nitrogen functional groups attached to an aromatic ring is 1. The van der Waals surface area contributed by atoms with E-state index in [1.807, 2.05) is 50.1 Å². The molecule has 0 radical (unpaired) electrons. The molecule has 5 heteroatoms. The van der Waals surface area contributed by atoms with Crippen LogP contribution < -0.4 is 11.1 Å². The molecular formula is C16H21N3O2. The van der Waals surface area contributed by atoms with E-state index in [1.54, 1.807) is 12.1 Å². The lowest BCUT2D eigenvalue weighted by Gasteiger charge is -2.23. The molecule has 0 aliphatic heterocycles. The third kappa shape index (κ3) is 3.86. The van der Waals surface area contributed by atoms with Gasteiger partial charge in [-0.05, 0) is 45.2 Å². The predicted octanol–water partition coefficient (Wildman–Crippen LogP) is 2.63. The molecule has 0 aliphatic carbocycles. The molecule has 2 aromatic rings. The molecule has 0 spiro atoms. The van der Waals surface area contributed by atoms with Crippen molar-refractivity contribution >= 4 is 17.3 Å². The van der Waals surface area contributed by atoms with E-state index in [1.165, 1.54) is 0 Å². The van der Waals surface area contributed by atoms with E-state index in [-0.39, 0.29) is 11.9 Å². The molecule has 1 amide bonds. The zero-order valence-electron chi connectivity index (χ0n) is 12.6. The Morgan fingerprint density at radius 2 is 2.05 bits per heavy atom. The van der Waals surface area contributed by atoms with E-state index >= 15 is 0 Å². The minimum absolute atomic E-state index is 0.0984. The molecule has 1 unspecified atom stereocenters. The Bertz CT molecular complexity index is 621. The standard InChI is InChI=1S/C16H21N3O2/c1-11-8-9-13(21-11)10-19(3)12(2)16(20)18-15-7-5-4-6-14(15)17/h4-9,12H,10,17H2,1-3H3,(H,18,20). The second-order valence-electron chi connectivity index (χ2n) is 5.18. The van der Waals surface area contributed by atoms with Gasteiger partial charge in [0.05, 0.1) is 24.0 Å². The van der Waals surface area contributed by atoms with E-state index in [0.29, 0.717) is 17.9 Å². The minimum atomic E-state index is -0.296. The molecule has 21 heavy (non-hydrogen) atoms. The van der Waals surface area contributed by atoms with Crippen LogP contribution in [0.1, 0.15) is 18.4 Å². The van der Waals surface area contributed by atoms with Crippen molar-refractivity contribution in [3.05, 3.63) is 47.9 Å². The fraction of sp³-hybridized carbons (Fsp3) is 0.312. The third-order valence-electron chi connectivity index (χ3n) is 3.46.